The van der Waals surface area contributed by atoms with Crippen LogP contribution in [0.5, 0.6) is 5.75 Å². The van der Waals surface area contributed by atoms with E-state index in [0.717, 1.165) is 18.5 Å². The Kier molecular flexibility index (Phi) is 6.87. The Hall–Kier alpha value is -4.59. The van der Waals surface area contributed by atoms with Crippen molar-refractivity contribution in [1.29, 1.82) is 5.26 Å². The Morgan fingerprint density at radius 1 is 1.18 bits per heavy atom. The van der Waals surface area contributed by atoms with Crippen LogP contribution in [0, 0.1) is 16.7 Å². The summed E-state index contributed by atoms with van der Waals surface area (Å²) < 4.78 is 12.6. The third-order valence-electron chi connectivity index (χ3n) is 7.06. The fraction of sp³-hybridized carbons (Fsp3) is 0.414. The minimum atomic E-state index is -0.695. The minimum Gasteiger partial charge on any atom is -0.497 e. The first-order chi connectivity index (χ1) is 19.0. The summed E-state index contributed by atoms with van der Waals surface area (Å²) in [5, 5.41) is 16.1. The maximum Gasteiger partial charge on any atom is 0.413 e. The number of anilines is 2. The number of methoxy groups -OCH3 is 1. The third kappa shape index (κ3) is 5.71. The number of aromatic nitrogens is 3. The summed E-state index contributed by atoms with van der Waals surface area (Å²) in [6, 6.07) is 9.73. The van der Waals surface area contributed by atoms with Crippen LogP contribution in [0.2, 0.25) is 0 Å². The number of imidazole rings is 1. The molecular weight excluding hydrogens is 510 g/mol. The van der Waals surface area contributed by atoms with Crippen molar-refractivity contribution >= 4 is 23.5 Å². The molecule has 3 heterocycles. The number of pyridine rings is 1. The largest absolute Gasteiger partial charge is 0.497 e. The topological polar surface area (TPSA) is 134 Å². The van der Waals surface area contributed by atoms with Crippen LogP contribution in [-0.2, 0) is 9.53 Å². The van der Waals surface area contributed by atoms with E-state index >= 15 is 0 Å². The Balaban J connectivity index is 1.49. The Bertz CT molecular complexity index is 1480. The summed E-state index contributed by atoms with van der Waals surface area (Å²) in [4.78, 5) is 35.8. The van der Waals surface area contributed by atoms with Crippen molar-refractivity contribution < 1.29 is 19.1 Å². The second-order valence-electron chi connectivity index (χ2n) is 11.5. The first kappa shape index (κ1) is 27.0. The molecular formula is C29H33N7O4. The standard InChI is InChI=1S/C29H33N7O4/c1-28(2,3)40-27(38)34-24-13-22(23(14-30)25(33-24)35-9-8-31-17-35)18-10-20(12-21(11-18)39-5)36-15-19(16-36)32-26(37)29(4)6-7-29/h8-13,17,19H,6-7,15-16H2,1-5H3,(H,32,37)(H,33,34,38). The molecule has 0 unspecified atom stereocenters. The van der Waals surface area contributed by atoms with Gasteiger partial charge >= 0.3 is 6.09 Å². The van der Waals surface area contributed by atoms with E-state index in [0.29, 0.717) is 41.3 Å². The zero-order chi connectivity index (χ0) is 28.7. The molecule has 0 spiro atoms. The first-order valence-electron chi connectivity index (χ1n) is 13.2. The maximum atomic E-state index is 12.6. The van der Waals surface area contributed by atoms with Gasteiger partial charge in [0.15, 0.2) is 5.82 Å². The van der Waals surface area contributed by atoms with Gasteiger partial charge in [-0.3, -0.25) is 14.7 Å². The maximum absolute atomic E-state index is 12.6. The van der Waals surface area contributed by atoms with Crippen LogP contribution in [0.1, 0.15) is 46.1 Å². The molecule has 1 aliphatic heterocycles. The first-order valence-corrected chi connectivity index (χ1v) is 13.2. The molecule has 2 amide bonds. The van der Waals surface area contributed by atoms with Crippen LogP contribution >= 0.6 is 0 Å². The molecule has 11 heteroatoms. The third-order valence-corrected chi connectivity index (χ3v) is 7.06. The smallest absolute Gasteiger partial charge is 0.413 e. The van der Waals surface area contributed by atoms with Crippen molar-refractivity contribution in [2.45, 2.75) is 52.2 Å². The molecule has 2 fully saturated rings. The number of hydrogen-bond acceptors (Lipinski definition) is 8. The molecule has 0 bridgehead atoms. The predicted molar refractivity (Wildman–Crippen MR) is 149 cm³/mol. The predicted octanol–water partition coefficient (Wildman–Crippen LogP) is 4.27. The van der Waals surface area contributed by atoms with Crippen LogP contribution in [0.4, 0.5) is 16.3 Å². The van der Waals surface area contributed by atoms with Crippen LogP contribution in [0.15, 0.2) is 43.0 Å². The summed E-state index contributed by atoms with van der Waals surface area (Å²) in [5.74, 6) is 1.26. The van der Waals surface area contributed by atoms with Gasteiger partial charge in [0.1, 0.15) is 35.1 Å². The van der Waals surface area contributed by atoms with Gasteiger partial charge in [0.05, 0.1) is 13.2 Å². The van der Waals surface area contributed by atoms with Crippen molar-refractivity contribution in [1.82, 2.24) is 19.9 Å². The molecule has 0 atom stereocenters. The Morgan fingerprint density at radius 3 is 2.52 bits per heavy atom. The van der Waals surface area contributed by atoms with E-state index in [4.69, 9.17) is 9.47 Å². The summed E-state index contributed by atoms with van der Waals surface area (Å²) in [6.45, 7) is 8.66. The van der Waals surface area contributed by atoms with E-state index in [1.807, 2.05) is 25.1 Å². The highest BCUT2D eigenvalue weighted by molar-refractivity contribution is 5.87. The van der Waals surface area contributed by atoms with Gasteiger partial charge < -0.3 is 19.7 Å². The van der Waals surface area contributed by atoms with Crippen LogP contribution in [-0.4, -0.2) is 58.4 Å². The summed E-state index contributed by atoms with van der Waals surface area (Å²) in [5.41, 5.74) is 1.55. The van der Waals surface area contributed by atoms with Crippen molar-refractivity contribution in [2.75, 3.05) is 30.4 Å². The molecule has 2 N–H and O–H groups in total. The molecule has 0 radical (unpaired) electrons. The number of carbonyl (C=O) groups is 2. The SMILES string of the molecule is COc1cc(-c2cc(NC(=O)OC(C)(C)C)nc(-n3ccnc3)c2C#N)cc(N2CC(NC(=O)C3(C)CC3)C2)c1. The van der Waals surface area contributed by atoms with Gasteiger partial charge in [-0.25, -0.2) is 14.8 Å². The number of hydrogen-bond donors (Lipinski definition) is 2. The van der Waals surface area contributed by atoms with Gasteiger partial charge in [0.25, 0.3) is 0 Å². The molecule has 1 aliphatic carbocycles. The van der Waals surface area contributed by atoms with E-state index in [-0.39, 0.29) is 23.2 Å². The molecule has 5 rings (SSSR count). The number of benzene rings is 1. The number of carbonyl (C=O) groups excluding carboxylic acids is 2. The lowest BCUT2D eigenvalue weighted by Crippen LogP contribution is -2.60. The number of nitriles is 1. The minimum absolute atomic E-state index is 0.0765. The summed E-state index contributed by atoms with van der Waals surface area (Å²) in [7, 11) is 1.59. The normalized spacial score (nSPS) is 15.9. The van der Waals surface area contributed by atoms with Crippen molar-refractivity contribution in [3.05, 3.63) is 48.5 Å². The Labute approximate surface area is 233 Å². The lowest BCUT2D eigenvalue weighted by Gasteiger charge is -2.42. The second kappa shape index (κ2) is 10.2. The highest BCUT2D eigenvalue weighted by Crippen LogP contribution is 2.45. The highest BCUT2D eigenvalue weighted by atomic mass is 16.6. The van der Waals surface area contributed by atoms with E-state index in [1.165, 1.54) is 6.33 Å². The number of nitrogens with one attached hydrogen (secondary N) is 2. The molecule has 40 heavy (non-hydrogen) atoms. The highest BCUT2D eigenvalue weighted by Gasteiger charge is 2.46. The molecule has 2 aromatic heterocycles. The van der Waals surface area contributed by atoms with Crippen LogP contribution in [0.3, 0.4) is 0 Å². The monoisotopic (exact) mass is 543 g/mol. The molecule has 2 aliphatic rings. The zero-order valence-corrected chi connectivity index (χ0v) is 23.3. The molecule has 1 saturated heterocycles. The van der Waals surface area contributed by atoms with Gasteiger partial charge in [-0.2, -0.15) is 5.26 Å². The fourth-order valence-electron chi connectivity index (χ4n) is 4.51. The second-order valence-corrected chi connectivity index (χ2v) is 11.5. The van der Waals surface area contributed by atoms with Crippen LogP contribution in [0.25, 0.3) is 16.9 Å². The van der Waals surface area contributed by atoms with Crippen LogP contribution < -0.4 is 20.3 Å². The van der Waals surface area contributed by atoms with Gasteiger partial charge in [-0.05, 0) is 57.4 Å². The average molecular weight is 544 g/mol. The lowest BCUT2D eigenvalue weighted by atomic mass is 9.98. The number of amides is 2. The van der Waals surface area contributed by atoms with E-state index in [9.17, 15) is 14.9 Å². The number of rotatable bonds is 7. The lowest BCUT2D eigenvalue weighted by molar-refractivity contribution is -0.126. The van der Waals surface area contributed by atoms with Crippen molar-refractivity contribution in [3.8, 4) is 28.8 Å². The molecule has 3 aromatic rings. The van der Waals surface area contributed by atoms with Gasteiger partial charge in [0.2, 0.25) is 5.91 Å². The van der Waals surface area contributed by atoms with E-state index in [2.05, 4.69) is 31.6 Å². The molecule has 1 aromatic carbocycles. The summed E-state index contributed by atoms with van der Waals surface area (Å²) in [6.07, 6.45) is 6.02. The molecule has 11 nitrogen and oxygen atoms in total. The van der Waals surface area contributed by atoms with E-state index < -0.39 is 11.7 Å². The van der Waals surface area contributed by atoms with E-state index in [1.54, 1.807) is 50.9 Å². The molecule has 208 valence electrons. The summed E-state index contributed by atoms with van der Waals surface area (Å²) >= 11 is 0. The van der Waals surface area contributed by atoms with Gasteiger partial charge in [0, 0.05) is 48.2 Å². The zero-order valence-electron chi connectivity index (χ0n) is 23.3. The van der Waals surface area contributed by atoms with Gasteiger partial charge in [-0.15, -0.1) is 0 Å². The average Bonchev–Trinajstić information content (AvgIpc) is 3.40. The quantitative estimate of drug-likeness (QED) is 0.451. The number of ether oxygens (including phenoxy) is 2. The molecule has 1 saturated carbocycles. The fourth-order valence-corrected chi connectivity index (χ4v) is 4.51. The van der Waals surface area contributed by atoms with Crippen molar-refractivity contribution in [3.63, 3.8) is 0 Å². The number of nitrogens with zero attached hydrogens (tertiary/aromatic N) is 5. The Morgan fingerprint density at radius 2 is 1.93 bits per heavy atom. The van der Waals surface area contributed by atoms with Crippen molar-refractivity contribution in [2.24, 2.45) is 5.41 Å². The van der Waals surface area contributed by atoms with Gasteiger partial charge in [-0.1, -0.05) is 6.92 Å².